The maximum Gasteiger partial charge on any atom is 0.418 e. The van der Waals surface area contributed by atoms with Crippen molar-refractivity contribution < 1.29 is 85.0 Å². The van der Waals surface area contributed by atoms with Crippen molar-refractivity contribution in [2.45, 2.75) is 131 Å². The summed E-state index contributed by atoms with van der Waals surface area (Å²) in [5.74, 6) is -9.95. The Balaban J connectivity index is 0.000000156. The summed E-state index contributed by atoms with van der Waals surface area (Å²) in [6, 6.07) is 29.0. The van der Waals surface area contributed by atoms with E-state index in [1.807, 2.05) is 0 Å². The maximum absolute atomic E-state index is 13.9. The van der Waals surface area contributed by atoms with E-state index in [1.165, 1.54) is 60.9 Å². The van der Waals surface area contributed by atoms with Gasteiger partial charge in [0.2, 0.25) is 0 Å². The highest BCUT2D eigenvalue weighted by atomic mass is 35.5. The summed E-state index contributed by atoms with van der Waals surface area (Å²) in [5.41, 5.74) is -3.06. The topological polar surface area (TPSA) is 142 Å². The number of carbonyl (C=O) groups excluding carboxylic acids is 4. The molecule has 4 amide bonds. The molecular weight excluding hydrogens is 1430 g/mol. The van der Waals surface area contributed by atoms with Gasteiger partial charge in [-0.15, -0.1) is 0 Å². The second-order valence-corrected chi connectivity index (χ2v) is 25.7. The Bertz CT molecular complexity index is 3770. The summed E-state index contributed by atoms with van der Waals surface area (Å²) in [7, 11) is 0. The molecule has 4 aliphatic carbocycles. The number of hydrogen-bond donors (Lipinski definition) is 4. The molecule has 12 rings (SSSR count). The normalized spacial score (nSPS) is 20.0. The summed E-state index contributed by atoms with van der Waals surface area (Å²) in [5, 5.41) is 12.5. The molecule has 29 heteroatoms. The Morgan fingerprint density at radius 3 is 1.00 bits per heavy atom. The monoisotopic (exact) mass is 1480 g/mol. The minimum atomic E-state index is -4.64. The lowest BCUT2D eigenvalue weighted by Crippen LogP contribution is -2.46. The molecule has 0 radical (unpaired) electrons. The van der Waals surface area contributed by atoms with E-state index < -0.39 is 117 Å². The summed E-state index contributed by atoms with van der Waals surface area (Å²) in [6.07, 6.45) is -6.23. The average Bonchev–Trinajstić information content (AvgIpc) is 0.799. The van der Waals surface area contributed by atoms with Gasteiger partial charge in [-0.3, -0.25) is 29.1 Å². The van der Waals surface area contributed by atoms with Gasteiger partial charge in [0.1, 0.15) is 34.7 Å². The Hall–Kier alpha value is -8.39. The van der Waals surface area contributed by atoms with Gasteiger partial charge in [0, 0.05) is 99.4 Å². The van der Waals surface area contributed by atoms with Crippen molar-refractivity contribution in [3.05, 3.63) is 268 Å². The van der Waals surface area contributed by atoms with Gasteiger partial charge in [0.05, 0.1) is 33.4 Å². The number of halogens is 19. The molecule has 4 N–H and O–H groups in total. The molecule has 0 bridgehead atoms. The van der Waals surface area contributed by atoms with Crippen molar-refractivity contribution in [2.24, 2.45) is 0 Å². The van der Waals surface area contributed by atoms with Crippen molar-refractivity contribution >= 4 is 70.0 Å². The highest BCUT2D eigenvalue weighted by Gasteiger charge is 2.43. The van der Waals surface area contributed by atoms with E-state index >= 15 is 0 Å². The minimum absolute atomic E-state index is 0.0354. The predicted octanol–water partition coefficient (Wildman–Crippen LogP) is 19.6. The molecule has 100 heavy (non-hydrogen) atoms. The SMILES string of the molecule is CC(F)(F)c1cccnc1C(=O)N[C@H]1CC[C@H]1c1ccc(F)cc1F.O=C(N[C@H]1CC[C@H]1c1ccc(Cl)cc1Cl)c1ccccc1C(F)(F)F.O=C(N[C@H]1CC[C@H]1c1ccc(Cl)cc1Cl)c1ncccc1C(F)(F)F.O=C(N[C@H]1CC[C@H]1c1ccc(F)cc1F)c1ccccc1C(F)(F)F. The third kappa shape index (κ3) is 18.4. The van der Waals surface area contributed by atoms with Crippen LogP contribution >= 0.6 is 46.4 Å². The van der Waals surface area contributed by atoms with E-state index in [0.29, 0.717) is 71.1 Å². The Kier molecular flexibility index (Phi) is 24.0. The first kappa shape index (κ1) is 75.8. The lowest BCUT2D eigenvalue weighted by Gasteiger charge is -2.38. The Labute approximate surface area is 582 Å². The van der Waals surface area contributed by atoms with Crippen LogP contribution < -0.4 is 21.3 Å². The first-order chi connectivity index (χ1) is 47.1. The number of amides is 4. The van der Waals surface area contributed by atoms with Gasteiger partial charge in [0.25, 0.3) is 29.6 Å². The number of carbonyl (C=O) groups is 4. The van der Waals surface area contributed by atoms with Crippen LogP contribution in [-0.4, -0.2) is 57.8 Å². The zero-order chi connectivity index (χ0) is 72.8. The van der Waals surface area contributed by atoms with Crippen LogP contribution in [0.5, 0.6) is 0 Å². The second kappa shape index (κ2) is 31.7. The molecule has 10 nitrogen and oxygen atoms in total. The van der Waals surface area contributed by atoms with Gasteiger partial charge in [-0.25, -0.2) is 26.3 Å². The van der Waals surface area contributed by atoms with Gasteiger partial charge in [-0.1, -0.05) is 94.9 Å². The molecule has 2 heterocycles. The molecule has 6 aromatic carbocycles. The van der Waals surface area contributed by atoms with E-state index in [4.69, 9.17) is 46.4 Å². The van der Waals surface area contributed by atoms with Gasteiger partial charge >= 0.3 is 18.5 Å². The van der Waals surface area contributed by atoms with Crippen molar-refractivity contribution in [2.75, 3.05) is 0 Å². The number of hydrogen-bond acceptors (Lipinski definition) is 6. The first-order valence-corrected chi connectivity index (χ1v) is 32.3. The van der Waals surface area contributed by atoms with E-state index in [1.54, 1.807) is 36.4 Å². The lowest BCUT2D eigenvalue weighted by atomic mass is 9.74. The lowest BCUT2D eigenvalue weighted by molar-refractivity contribution is -0.138. The zero-order valence-corrected chi connectivity index (χ0v) is 55.0. The highest BCUT2D eigenvalue weighted by molar-refractivity contribution is 6.35. The molecular formula is C71H57Cl4F15N6O4. The minimum Gasteiger partial charge on any atom is -0.349 e. The van der Waals surface area contributed by atoms with Crippen LogP contribution in [0.2, 0.25) is 20.1 Å². The van der Waals surface area contributed by atoms with Crippen LogP contribution in [0.15, 0.2) is 158 Å². The number of rotatable bonds is 13. The number of alkyl halides is 11. The molecule has 2 aromatic heterocycles. The third-order valence-electron chi connectivity index (χ3n) is 17.6. The fourth-order valence-electron chi connectivity index (χ4n) is 12.0. The van der Waals surface area contributed by atoms with Gasteiger partial charge in [-0.05, 0) is 159 Å². The van der Waals surface area contributed by atoms with Gasteiger partial charge < -0.3 is 21.3 Å². The molecule has 0 spiro atoms. The van der Waals surface area contributed by atoms with Crippen molar-refractivity contribution in [3.63, 3.8) is 0 Å². The van der Waals surface area contributed by atoms with Crippen LogP contribution in [0.4, 0.5) is 65.9 Å². The van der Waals surface area contributed by atoms with Gasteiger partial charge in [-0.2, -0.15) is 39.5 Å². The molecule has 4 saturated carbocycles. The highest BCUT2D eigenvalue weighted by Crippen LogP contribution is 2.45. The summed E-state index contributed by atoms with van der Waals surface area (Å²) >= 11 is 24.1. The van der Waals surface area contributed by atoms with Crippen LogP contribution in [-0.2, 0) is 24.5 Å². The van der Waals surface area contributed by atoms with E-state index in [-0.39, 0.29) is 52.6 Å². The summed E-state index contributed by atoms with van der Waals surface area (Å²) in [6.45, 7) is 0.695. The molecule has 4 aliphatic rings. The van der Waals surface area contributed by atoms with E-state index in [9.17, 15) is 85.0 Å². The van der Waals surface area contributed by atoms with Crippen LogP contribution in [0.3, 0.4) is 0 Å². The van der Waals surface area contributed by atoms with Crippen molar-refractivity contribution in [1.29, 1.82) is 0 Å². The van der Waals surface area contributed by atoms with Crippen LogP contribution in [0, 0.1) is 23.3 Å². The standard InChI is InChI=1S/C18H14Cl2F3NO.C18H14F5NO.C18H16F4N2O.C17H13Cl2F3N2O/c2*19-10-5-6-11(15(20)9-10)12-7-8-16(12)24-17(25)13-3-1-2-4-14(13)18(21,22)23;1-18(21,22)13-3-2-8-23-16(13)17(25)24-15-7-6-12(15)11-5-4-10(19)9-14(11)20;18-9-3-4-10(13(19)8-9)11-5-6-14(11)24-16(25)15-12(17(20,21)22)2-1-7-23-15/h2*1-6,9,12,16H,7-8H2,(H,24,25);2-5,8-9,12,15H,6-7H2,1H3,(H,24,25);1-4,7-8,11,14H,5-6H2,(H,24,25)/t2*12-,16-;12-,15-;11-,14-/m0000/s1. The van der Waals surface area contributed by atoms with E-state index in [0.717, 1.165) is 84.6 Å². The Morgan fingerprint density at radius 2 is 0.680 bits per heavy atom. The van der Waals surface area contributed by atoms with E-state index in [2.05, 4.69) is 31.2 Å². The molecule has 0 unspecified atom stereocenters. The third-order valence-corrected chi connectivity index (χ3v) is 18.7. The van der Waals surface area contributed by atoms with Crippen molar-refractivity contribution in [3.8, 4) is 0 Å². The maximum atomic E-state index is 13.9. The molecule has 0 saturated heterocycles. The number of aromatic nitrogens is 2. The summed E-state index contributed by atoms with van der Waals surface area (Å²) in [4.78, 5) is 56.7. The molecule has 4 fully saturated rings. The van der Waals surface area contributed by atoms with Crippen molar-refractivity contribution in [1.82, 2.24) is 31.2 Å². The molecule has 0 aliphatic heterocycles. The van der Waals surface area contributed by atoms with Gasteiger partial charge in [0.15, 0.2) is 0 Å². The smallest absolute Gasteiger partial charge is 0.349 e. The average molecular weight is 1490 g/mol. The molecule has 528 valence electrons. The molecule has 8 atom stereocenters. The fourth-order valence-corrected chi connectivity index (χ4v) is 13.1. The quantitative estimate of drug-likeness (QED) is 0.0847. The summed E-state index contributed by atoms with van der Waals surface area (Å²) < 4.78 is 198. The second-order valence-electron chi connectivity index (χ2n) is 24.0. The Morgan fingerprint density at radius 1 is 0.370 bits per heavy atom. The fraction of sp³-hybridized carbons (Fsp3) is 0.296. The number of nitrogens with zero attached hydrogens (tertiary/aromatic N) is 2. The first-order valence-electron chi connectivity index (χ1n) is 30.8. The largest absolute Gasteiger partial charge is 0.418 e. The number of nitrogens with one attached hydrogen (secondary N) is 4. The zero-order valence-electron chi connectivity index (χ0n) is 52.0. The van der Waals surface area contributed by atoms with Crippen LogP contribution in [0.1, 0.15) is 168 Å². The predicted molar refractivity (Wildman–Crippen MR) is 344 cm³/mol. The van der Waals surface area contributed by atoms with Crippen LogP contribution in [0.25, 0.3) is 0 Å². The molecule has 8 aromatic rings. The number of benzene rings is 6. The number of pyridine rings is 2.